The number of fused-ring (bicyclic) bond motifs is 3. The number of anilines is 1. The van der Waals surface area contributed by atoms with Crippen LogP contribution < -0.4 is 4.90 Å². The summed E-state index contributed by atoms with van der Waals surface area (Å²) in [6.45, 7) is 2.60. The number of carboxylic acid groups (broad SMARTS) is 1. The predicted octanol–water partition coefficient (Wildman–Crippen LogP) is 3.09. The molecule has 3 heterocycles. The molecule has 0 aliphatic carbocycles. The van der Waals surface area contributed by atoms with E-state index >= 15 is 0 Å². The third-order valence-corrected chi connectivity index (χ3v) is 3.79. The van der Waals surface area contributed by atoms with Gasteiger partial charge >= 0.3 is 6.09 Å². The molecule has 1 unspecified atom stereocenters. The lowest BCUT2D eigenvalue weighted by molar-refractivity contribution is 0.200. The Morgan fingerprint density at radius 3 is 3.06 bits per heavy atom. The SMILES string of the molecule is CC1CCN(C(=O)O)c2c1nc1ccc(Br)cn21. The molecule has 0 fully saturated rings. The first-order chi connectivity index (χ1) is 8.58. The molecule has 18 heavy (non-hydrogen) atoms. The van der Waals surface area contributed by atoms with Crippen molar-refractivity contribution < 1.29 is 9.90 Å². The Balaban J connectivity index is 2.31. The Hall–Kier alpha value is -1.56. The minimum Gasteiger partial charge on any atom is -0.465 e. The fourth-order valence-electron chi connectivity index (χ4n) is 2.38. The Labute approximate surface area is 112 Å². The van der Waals surface area contributed by atoms with Gasteiger partial charge in [-0.05, 0) is 34.5 Å². The first-order valence-electron chi connectivity index (χ1n) is 5.76. The van der Waals surface area contributed by atoms with Gasteiger partial charge in [-0.1, -0.05) is 6.92 Å². The van der Waals surface area contributed by atoms with Crippen molar-refractivity contribution in [2.45, 2.75) is 19.3 Å². The summed E-state index contributed by atoms with van der Waals surface area (Å²) in [5, 5.41) is 9.29. The number of amides is 1. The molecule has 94 valence electrons. The number of hydrogen-bond donors (Lipinski definition) is 1. The average molecular weight is 310 g/mol. The van der Waals surface area contributed by atoms with E-state index < -0.39 is 6.09 Å². The lowest BCUT2D eigenvalue weighted by Gasteiger charge is -2.27. The maximum Gasteiger partial charge on any atom is 0.413 e. The predicted molar refractivity (Wildman–Crippen MR) is 71.3 cm³/mol. The van der Waals surface area contributed by atoms with E-state index in [2.05, 4.69) is 27.8 Å². The van der Waals surface area contributed by atoms with E-state index in [9.17, 15) is 9.90 Å². The van der Waals surface area contributed by atoms with Crippen molar-refractivity contribution in [1.29, 1.82) is 0 Å². The summed E-state index contributed by atoms with van der Waals surface area (Å²) < 4.78 is 2.74. The molecule has 5 nitrogen and oxygen atoms in total. The Bertz CT molecular complexity index is 638. The normalized spacial score (nSPS) is 19.0. The number of aromatic nitrogens is 2. The second-order valence-corrected chi connectivity index (χ2v) is 5.44. The molecule has 1 amide bonds. The maximum absolute atomic E-state index is 11.3. The zero-order chi connectivity index (χ0) is 12.9. The smallest absolute Gasteiger partial charge is 0.413 e. The molecule has 1 atom stereocenters. The molecule has 0 saturated carbocycles. The number of hydrogen-bond acceptors (Lipinski definition) is 2. The molecule has 2 aromatic rings. The summed E-state index contributed by atoms with van der Waals surface area (Å²) in [5.41, 5.74) is 1.64. The van der Waals surface area contributed by atoms with Crippen LogP contribution in [0.15, 0.2) is 22.8 Å². The van der Waals surface area contributed by atoms with Crippen molar-refractivity contribution in [3.63, 3.8) is 0 Å². The van der Waals surface area contributed by atoms with Crippen LogP contribution in [-0.2, 0) is 0 Å². The van der Waals surface area contributed by atoms with E-state index in [-0.39, 0.29) is 5.92 Å². The Morgan fingerprint density at radius 2 is 2.33 bits per heavy atom. The summed E-state index contributed by atoms with van der Waals surface area (Å²) in [6.07, 6.45) is 1.74. The van der Waals surface area contributed by atoms with Crippen LogP contribution in [0.4, 0.5) is 10.6 Å². The molecule has 0 bridgehead atoms. The van der Waals surface area contributed by atoms with E-state index in [0.717, 1.165) is 22.2 Å². The molecular weight excluding hydrogens is 298 g/mol. The molecule has 0 aromatic carbocycles. The van der Waals surface area contributed by atoms with Gasteiger partial charge in [0.15, 0.2) is 0 Å². The van der Waals surface area contributed by atoms with E-state index in [0.29, 0.717) is 12.4 Å². The standard InChI is InChI=1S/C12H12BrN3O2/c1-7-4-5-15(12(17)18)11-10(7)14-9-3-2-8(13)6-16(9)11/h2-3,6-7H,4-5H2,1H3,(H,17,18). The van der Waals surface area contributed by atoms with Gasteiger partial charge in [0.1, 0.15) is 11.5 Å². The number of halogens is 1. The molecule has 0 spiro atoms. The van der Waals surface area contributed by atoms with Crippen LogP contribution in [-0.4, -0.2) is 27.1 Å². The fraction of sp³-hybridized carbons (Fsp3) is 0.333. The topological polar surface area (TPSA) is 57.8 Å². The first kappa shape index (κ1) is 11.5. The van der Waals surface area contributed by atoms with Crippen LogP contribution in [0.1, 0.15) is 25.0 Å². The van der Waals surface area contributed by atoms with Crippen LogP contribution in [0.5, 0.6) is 0 Å². The van der Waals surface area contributed by atoms with Crippen LogP contribution in [0.2, 0.25) is 0 Å². The minimum absolute atomic E-state index is 0.286. The largest absolute Gasteiger partial charge is 0.465 e. The summed E-state index contributed by atoms with van der Waals surface area (Å²) in [7, 11) is 0. The lowest BCUT2D eigenvalue weighted by Crippen LogP contribution is -2.35. The van der Waals surface area contributed by atoms with Gasteiger partial charge in [-0.25, -0.2) is 9.78 Å². The zero-order valence-corrected chi connectivity index (χ0v) is 11.4. The van der Waals surface area contributed by atoms with Gasteiger partial charge in [0.05, 0.1) is 5.69 Å². The van der Waals surface area contributed by atoms with Gasteiger partial charge in [-0.15, -0.1) is 0 Å². The highest BCUT2D eigenvalue weighted by Gasteiger charge is 2.31. The quantitative estimate of drug-likeness (QED) is 0.813. The van der Waals surface area contributed by atoms with E-state index in [1.165, 1.54) is 4.90 Å². The van der Waals surface area contributed by atoms with Crippen molar-refractivity contribution >= 4 is 33.5 Å². The Morgan fingerprint density at radius 1 is 1.56 bits per heavy atom. The van der Waals surface area contributed by atoms with Crippen molar-refractivity contribution in [3.8, 4) is 0 Å². The molecule has 1 aliphatic rings. The summed E-state index contributed by atoms with van der Waals surface area (Å²) in [4.78, 5) is 17.2. The first-order valence-corrected chi connectivity index (χ1v) is 6.55. The molecule has 3 rings (SSSR count). The molecule has 0 saturated heterocycles. The van der Waals surface area contributed by atoms with E-state index in [4.69, 9.17) is 0 Å². The minimum atomic E-state index is -0.926. The fourth-order valence-corrected chi connectivity index (χ4v) is 2.71. The van der Waals surface area contributed by atoms with Gasteiger partial charge in [-0.2, -0.15) is 0 Å². The average Bonchev–Trinajstić information content (AvgIpc) is 2.69. The monoisotopic (exact) mass is 309 g/mol. The summed E-state index contributed by atoms with van der Waals surface area (Å²) in [5.74, 6) is 0.965. The Kier molecular flexibility index (Phi) is 2.55. The van der Waals surface area contributed by atoms with Crippen molar-refractivity contribution in [2.24, 2.45) is 0 Å². The maximum atomic E-state index is 11.3. The van der Waals surface area contributed by atoms with Gasteiger partial charge in [0.2, 0.25) is 0 Å². The molecule has 1 N–H and O–H groups in total. The zero-order valence-electron chi connectivity index (χ0n) is 9.80. The number of pyridine rings is 1. The third-order valence-electron chi connectivity index (χ3n) is 3.32. The number of carbonyl (C=O) groups is 1. The molecular formula is C12H12BrN3O2. The molecule has 0 radical (unpaired) electrons. The second-order valence-electron chi connectivity index (χ2n) is 4.52. The van der Waals surface area contributed by atoms with Gasteiger partial charge in [0, 0.05) is 23.1 Å². The highest BCUT2D eigenvalue weighted by atomic mass is 79.9. The number of imidazole rings is 1. The molecule has 6 heteroatoms. The van der Waals surface area contributed by atoms with Gasteiger partial charge < -0.3 is 5.11 Å². The van der Waals surface area contributed by atoms with E-state index in [1.54, 1.807) is 0 Å². The number of rotatable bonds is 0. The van der Waals surface area contributed by atoms with Gasteiger partial charge in [-0.3, -0.25) is 9.30 Å². The highest BCUT2D eigenvalue weighted by molar-refractivity contribution is 9.10. The highest BCUT2D eigenvalue weighted by Crippen LogP contribution is 2.35. The molecule has 2 aromatic heterocycles. The summed E-state index contributed by atoms with van der Waals surface area (Å²) >= 11 is 3.40. The van der Waals surface area contributed by atoms with Crippen LogP contribution >= 0.6 is 15.9 Å². The van der Waals surface area contributed by atoms with Crippen molar-refractivity contribution in [2.75, 3.05) is 11.4 Å². The lowest BCUT2D eigenvalue weighted by atomic mass is 10.00. The van der Waals surface area contributed by atoms with Crippen molar-refractivity contribution in [1.82, 2.24) is 9.38 Å². The number of nitrogens with zero attached hydrogens (tertiary/aromatic N) is 3. The third kappa shape index (κ3) is 1.59. The van der Waals surface area contributed by atoms with Crippen molar-refractivity contribution in [3.05, 3.63) is 28.5 Å². The van der Waals surface area contributed by atoms with Crippen LogP contribution in [0.3, 0.4) is 0 Å². The van der Waals surface area contributed by atoms with E-state index in [1.807, 2.05) is 22.7 Å². The molecule has 1 aliphatic heterocycles. The second kappa shape index (κ2) is 3.98. The van der Waals surface area contributed by atoms with Gasteiger partial charge in [0.25, 0.3) is 0 Å². The van der Waals surface area contributed by atoms with Crippen LogP contribution in [0.25, 0.3) is 5.65 Å². The van der Waals surface area contributed by atoms with Crippen LogP contribution in [0, 0.1) is 0 Å². The summed E-state index contributed by atoms with van der Waals surface area (Å²) in [6, 6.07) is 3.79.